The van der Waals surface area contributed by atoms with Crippen molar-refractivity contribution in [1.82, 2.24) is 0 Å². The molecule has 0 atom stereocenters. The summed E-state index contributed by atoms with van der Waals surface area (Å²) in [5.74, 6) is -1.81. The van der Waals surface area contributed by atoms with E-state index in [1.54, 1.807) is 4.90 Å². The van der Waals surface area contributed by atoms with Crippen LogP contribution in [0.3, 0.4) is 0 Å². The van der Waals surface area contributed by atoms with Crippen molar-refractivity contribution in [2.75, 3.05) is 11.4 Å². The molecule has 2 aromatic rings. The van der Waals surface area contributed by atoms with Crippen molar-refractivity contribution < 1.29 is 14.3 Å². The molecule has 2 rings (SSSR count). The van der Waals surface area contributed by atoms with Crippen LogP contribution in [0.5, 0.6) is 0 Å². The molecule has 2 aromatic carbocycles. The largest absolute Gasteiger partial charge is 0.478 e. The van der Waals surface area contributed by atoms with E-state index >= 15 is 0 Å². The maximum Gasteiger partial charge on any atom is 0.337 e. The summed E-state index contributed by atoms with van der Waals surface area (Å²) in [6.07, 6.45) is 0.228. The molecule has 0 aromatic heterocycles. The van der Waals surface area contributed by atoms with Crippen molar-refractivity contribution in [3.05, 3.63) is 59.9 Å². The lowest BCUT2D eigenvalue weighted by molar-refractivity contribution is 0.0697. The summed E-state index contributed by atoms with van der Waals surface area (Å²) >= 11 is 0. The first kappa shape index (κ1) is 14.5. The predicted molar refractivity (Wildman–Crippen MR) is 77.0 cm³/mol. The summed E-state index contributed by atoms with van der Waals surface area (Å²) in [6, 6.07) is 14.8. The van der Waals surface area contributed by atoms with E-state index in [-0.39, 0.29) is 12.0 Å². The molecule has 0 radical (unpaired) electrons. The predicted octanol–water partition coefficient (Wildman–Crippen LogP) is 3.58. The van der Waals surface area contributed by atoms with Crippen LogP contribution in [0.15, 0.2) is 48.5 Å². The van der Waals surface area contributed by atoms with E-state index < -0.39 is 11.8 Å². The first-order valence-electron chi connectivity index (χ1n) is 6.36. The van der Waals surface area contributed by atoms with E-state index in [2.05, 4.69) is 0 Å². The molecule has 0 bridgehead atoms. The van der Waals surface area contributed by atoms with Crippen molar-refractivity contribution in [2.24, 2.45) is 0 Å². The van der Waals surface area contributed by atoms with Gasteiger partial charge in [-0.3, -0.25) is 0 Å². The monoisotopic (exact) mass is 284 g/mol. The van der Waals surface area contributed by atoms with Crippen LogP contribution < -0.4 is 4.90 Å². The van der Waals surface area contributed by atoms with Gasteiger partial charge in [0.15, 0.2) is 0 Å². The summed E-state index contributed by atoms with van der Waals surface area (Å²) < 4.78 is 13.3. The van der Waals surface area contributed by atoms with Gasteiger partial charge in [0, 0.05) is 12.2 Å². The minimum Gasteiger partial charge on any atom is -0.478 e. The zero-order valence-corrected chi connectivity index (χ0v) is 11.2. The molecule has 0 aliphatic heterocycles. The van der Waals surface area contributed by atoms with Gasteiger partial charge in [-0.1, -0.05) is 18.2 Å². The Balaban J connectivity index is 2.52. The third-order valence-corrected chi connectivity index (χ3v) is 2.99. The number of aromatic carboxylic acids is 1. The topological polar surface area (TPSA) is 64.3 Å². The van der Waals surface area contributed by atoms with Gasteiger partial charge in [-0.15, -0.1) is 0 Å². The van der Waals surface area contributed by atoms with E-state index in [1.165, 1.54) is 12.1 Å². The van der Waals surface area contributed by atoms with Crippen LogP contribution in [0.1, 0.15) is 16.8 Å². The van der Waals surface area contributed by atoms with Gasteiger partial charge in [-0.05, 0) is 30.3 Å². The molecule has 0 heterocycles. The number of hydrogen-bond acceptors (Lipinski definition) is 3. The smallest absolute Gasteiger partial charge is 0.337 e. The SMILES string of the molecule is N#CCCN(c1ccccc1)c1ccc(F)cc1C(=O)O. The number of rotatable bonds is 5. The Labute approximate surface area is 121 Å². The van der Waals surface area contributed by atoms with Crippen molar-refractivity contribution in [3.8, 4) is 6.07 Å². The van der Waals surface area contributed by atoms with Gasteiger partial charge in [0.2, 0.25) is 0 Å². The van der Waals surface area contributed by atoms with Gasteiger partial charge >= 0.3 is 5.97 Å². The van der Waals surface area contributed by atoms with E-state index in [4.69, 9.17) is 5.26 Å². The van der Waals surface area contributed by atoms with Crippen LogP contribution >= 0.6 is 0 Å². The van der Waals surface area contributed by atoms with Crippen molar-refractivity contribution in [1.29, 1.82) is 5.26 Å². The van der Waals surface area contributed by atoms with E-state index in [0.29, 0.717) is 12.2 Å². The molecular weight excluding hydrogens is 271 g/mol. The molecular formula is C16H13FN2O2. The highest BCUT2D eigenvalue weighted by Crippen LogP contribution is 2.29. The number of halogens is 1. The first-order valence-corrected chi connectivity index (χ1v) is 6.36. The number of carbonyl (C=O) groups is 1. The van der Waals surface area contributed by atoms with Gasteiger partial charge < -0.3 is 10.0 Å². The fourth-order valence-electron chi connectivity index (χ4n) is 2.07. The van der Waals surface area contributed by atoms with Crippen LogP contribution in [-0.4, -0.2) is 17.6 Å². The number of benzene rings is 2. The Morgan fingerprint density at radius 1 is 1.24 bits per heavy atom. The van der Waals surface area contributed by atoms with E-state index in [9.17, 15) is 14.3 Å². The number of para-hydroxylation sites is 1. The number of carboxylic acids is 1. The highest BCUT2D eigenvalue weighted by atomic mass is 19.1. The zero-order chi connectivity index (χ0) is 15.2. The Morgan fingerprint density at radius 2 is 1.95 bits per heavy atom. The zero-order valence-electron chi connectivity index (χ0n) is 11.2. The minimum absolute atomic E-state index is 0.128. The Kier molecular flexibility index (Phi) is 4.52. The lowest BCUT2D eigenvalue weighted by Gasteiger charge is -2.25. The average molecular weight is 284 g/mol. The summed E-state index contributed by atoms with van der Waals surface area (Å²) in [4.78, 5) is 13.0. The molecule has 0 aliphatic rings. The molecule has 106 valence electrons. The highest BCUT2D eigenvalue weighted by Gasteiger charge is 2.18. The lowest BCUT2D eigenvalue weighted by Crippen LogP contribution is -2.21. The maximum absolute atomic E-state index is 13.3. The van der Waals surface area contributed by atoms with Gasteiger partial charge in [0.25, 0.3) is 0 Å². The second-order valence-corrected chi connectivity index (χ2v) is 4.36. The molecule has 0 saturated carbocycles. The number of carboxylic acid groups (broad SMARTS) is 1. The second-order valence-electron chi connectivity index (χ2n) is 4.36. The summed E-state index contributed by atoms with van der Waals surface area (Å²) in [5, 5.41) is 18.0. The Hall–Kier alpha value is -2.87. The lowest BCUT2D eigenvalue weighted by atomic mass is 10.1. The fraction of sp³-hybridized carbons (Fsp3) is 0.125. The van der Waals surface area contributed by atoms with Crippen LogP contribution in [0.25, 0.3) is 0 Å². The molecule has 4 nitrogen and oxygen atoms in total. The maximum atomic E-state index is 13.3. The number of nitrogens with zero attached hydrogens (tertiary/aromatic N) is 2. The molecule has 21 heavy (non-hydrogen) atoms. The van der Waals surface area contributed by atoms with Crippen LogP contribution in [0.4, 0.5) is 15.8 Å². The molecule has 0 spiro atoms. The Bertz CT molecular complexity index is 680. The van der Waals surface area contributed by atoms with E-state index in [1.807, 2.05) is 36.4 Å². The molecule has 0 unspecified atom stereocenters. The number of nitriles is 1. The van der Waals surface area contributed by atoms with Crippen molar-refractivity contribution in [3.63, 3.8) is 0 Å². The highest BCUT2D eigenvalue weighted by molar-refractivity contribution is 5.95. The molecule has 0 fully saturated rings. The van der Waals surface area contributed by atoms with Gasteiger partial charge in [-0.2, -0.15) is 5.26 Å². The molecule has 0 aliphatic carbocycles. The quantitative estimate of drug-likeness (QED) is 0.911. The normalized spacial score (nSPS) is 9.90. The molecule has 5 heteroatoms. The number of hydrogen-bond donors (Lipinski definition) is 1. The van der Waals surface area contributed by atoms with Crippen LogP contribution in [-0.2, 0) is 0 Å². The van der Waals surface area contributed by atoms with Crippen molar-refractivity contribution >= 4 is 17.3 Å². The van der Waals surface area contributed by atoms with Crippen LogP contribution in [0, 0.1) is 17.1 Å². The second kappa shape index (κ2) is 6.53. The summed E-state index contributed by atoms with van der Waals surface area (Å²) in [7, 11) is 0. The first-order chi connectivity index (χ1) is 10.1. The van der Waals surface area contributed by atoms with Gasteiger partial charge in [-0.25, -0.2) is 9.18 Å². The Morgan fingerprint density at radius 3 is 2.57 bits per heavy atom. The van der Waals surface area contributed by atoms with Crippen molar-refractivity contribution in [2.45, 2.75) is 6.42 Å². The summed E-state index contributed by atoms with van der Waals surface area (Å²) in [5.41, 5.74) is 0.990. The van der Waals surface area contributed by atoms with Gasteiger partial charge in [0.05, 0.1) is 23.7 Å². The fourth-order valence-corrected chi connectivity index (χ4v) is 2.07. The number of anilines is 2. The molecule has 0 amide bonds. The van der Waals surface area contributed by atoms with Gasteiger partial charge in [0.1, 0.15) is 5.82 Å². The summed E-state index contributed by atoms with van der Waals surface area (Å²) in [6.45, 7) is 0.326. The average Bonchev–Trinajstić information content (AvgIpc) is 2.49. The third kappa shape index (κ3) is 3.37. The molecule has 1 N–H and O–H groups in total. The third-order valence-electron chi connectivity index (χ3n) is 2.99. The van der Waals surface area contributed by atoms with Crippen LogP contribution in [0.2, 0.25) is 0 Å². The standard InChI is InChI=1S/C16H13FN2O2/c17-12-7-8-15(14(11-12)16(20)21)19(10-4-9-18)13-5-2-1-3-6-13/h1-3,5-8,11H,4,10H2,(H,20,21). The van der Waals surface area contributed by atoms with E-state index in [0.717, 1.165) is 11.8 Å². The molecule has 0 saturated heterocycles. The minimum atomic E-state index is -1.21.